The molecule has 0 radical (unpaired) electrons. The molecule has 2 amide bonds. The first kappa shape index (κ1) is 15.8. The number of carboxylic acids is 1. The highest BCUT2D eigenvalue weighted by atomic mass is 16.4. The molecular formula is C13H25N3O3. The van der Waals surface area contributed by atoms with Crippen LogP contribution in [0, 0.1) is 0 Å². The predicted molar refractivity (Wildman–Crippen MR) is 73.1 cm³/mol. The van der Waals surface area contributed by atoms with Gasteiger partial charge in [0.1, 0.15) is 6.04 Å². The molecule has 19 heavy (non-hydrogen) atoms. The molecule has 0 bridgehead atoms. The molecule has 0 saturated carbocycles. The van der Waals surface area contributed by atoms with E-state index in [1.807, 2.05) is 6.92 Å². The van der Waals surface area contributed by atoms with Crippen LogP contribution in [0.15, 0.2) is 0 Å². The molecule has 0 aromatic heterocycles. The Bertz CT molecular complexity index is 310. The monoisotopic (exact) mass is 271 g/mol. The Hall–Kier alpha value is -1.30. The van der Waals surface area contributed by atoms with E-state index in [1.165, 1.54) is 0 Å². The minimum atomic E-state index is -0.979. The second-order valence-corrected chi connectivity index (χ2v) is 4.96. The number of nitrogens with one attached hydrogen (secondary N) is 2. The van der Waals surface area contributed by atoms with Crippen LogP contribution in [0.5, 0.6) is 0 Å². The van der Waals surface area contributed by atoms with Crippen LogP contribution in [-0.2, 0) is 4.79 Å². The van der Waals surface area contributed by atoms with Crippen LogP contribution in [0.4, 0.5) is 4.79 Å². The first-order valence-electron chi connectivity index (χ1n) is 7.09. The lowest BCUT2D eigenvalue weighted by molar-refractivity contribution is -0.139. The van der Waals surface area contributed by atoms with Crippen molar-refractivity contribution in [1.82, 2.24) is 15.5 Å². The van der Waals surface area contributed by atoms with E-state index in [0.717, 1.165) is 32.4 Å². The summed E-state index contributed by atoms with van der Waals surface area (Å²) in [6.07, 6.45) is 3.43. The molecule has 1 unspecified atom stereocenters. The molecule has 0 aromatic rings. The zero-order valence-corrected chi connectivity index (χ0v) is 11.8. The number of carbonyl (C=O) groups excluding carboxylic acids is 1. The van der Waals surface area contributed by atoms with Crippen molar-refractivity contribution in [3.63, 3.8) is 0 Å². The molecule has 1 saturated heterocycles. The van der Waals surface area contributed by atoms with Crippen molar-refractivity contribution in [2.45, 2.75) is 51.6 Å². The molecule has 110 valence electrons. The maximum Gasteiger partial charge on any atom is 0.326 e. The van der Waals surface area contributed by atoms with E-state index in [9.17, 15) is 9.59 Å². The van der Waals surface area contributed by atoms with Gasteiger partial charge < -0.3 is 15.7 Å². The summed E-state index contributed by atoms with van der Waals surface area (Å²) in [7, 11) is 0. The van der Waals surface area contributed by atoms with Crippen molar-refractivity contribution in [3.05, 3.63) is 0 Å². The number of hydrogen-bond acceptors (Lipinski definition) is 3. The van der Waals surface area contributed by atoms with Crippen molar-refractivity contribution in [1.29, 1.82) is 0 Å². The van der Waals surface area contributed by atoms with Crippen molar-refractivity contribution in [2.24, 2.45) is 0 Å². The molecule has 2 atom stereocenters. The molecule has 1 aliphatic rings. The van der Waals surface area contributed by atoms with E-state index in [4.69, 9.17) is 5.11 Å². The summed E-state index contributed by atoms with van der Waals surface area (Å²) >= 11 is 0. The van der Waals surface area contributed by atoms with Gasteiger partial charge in [-0.25, -0.2) is 9.59 Å². The standard InChI is InChI=1S/C13H25N3O3/c1-3-6-11(12(17)18)15-13(19)14-9-10-7-5-8-16(10)4-2/h10-11H,3-9H2,1-2H3,(H,17,18)(H2,14,15,19)/t10?,11-/m0/s1. The van der Waals surface area contributed by atoms with Gasteiger partial charge in [0, 0.05) is 12.6 Å². The van der Waals surface area contributed by atoms with Gasteiger partial charge >= 0.3 is 12.0 Å². The fourth-order valence-corrected chi connectivity index (χ4v) is 2.51. The van der Waals surface area contributed by atoms with Gasteiger partial charge in [-0.3, -0.25) is 4.90 Å². The molecule has 3 N–H and O–H groups in total. The van der Waals surface area contributed by atoms with Gasteiger partial charge in [0.05, 0.1) is 0 Å². The van der Waals surface area contributed by atoms with Crippen LogP contribution >= 0.6 is 0 Å². The van der Waals surface area contributed by atoms with Gasteiger partial charge in [-0.2, -0.15) is 0 Å². The molecule has 1 rings (SSSR count). The maximum absolute atomic E-state index is 11.7. The molecular weight excluding hydrogens is 246 g/mol. The summed E-state index contributed by atoms with van der Waals surface area (Å²) in [6, 6.07) is -0.801. The first-order valence-corrected chi connectivity index (χ1v) is 7.09. The van der Waals surface area contributed by atoms with E-state index in [-0.39, 0.29) is 6.03 Å². The number of aliphatic carboxylic acids is 1. The zero-order chi connectivity index (χ0) is 14.3. The van der Waals surface area contributed by atoms with Gasteiger partial charge in [-0.1, -0.05) is 20.3 Å². The smallest absolute Gasteiger partial charge is 0.326 e. The lowest BCUT2D eigenvalue weighted by Gasteiger charge is -2.23. The normalized spacial score (nSPS) is 21.1. The number of rotatable bonds is 7. The number of amides is 2. The molecule has 0 spiro atoms. The number of hydrogen-bond donors (Lipinski definition) is 3. The fourth-order valence-electron chi connectivity index (χ4n) is 2.51. The number of likely N-dealkylation sites (tertiary alicyclic amines) is 1. The molecule has 1 heterocycles. The number of urea groups is 1. The Balaban J connectivity index is 2.32. The maximum atomic E-state index is 11.7. The number of nitrogens with zero attached hydrogens (tertiary/aromatic N) is 1. The SMILES string of the molecule is CCC[C@H](NC(=O)NCC1CCCN1CC)C(=O)O. The van der Waals surface area contributed by atoms with Gasteiger partial charge in [0.2, 0.25) is 0 Å². The average molecular weight is 271 g/mol. The Morgan fingerprint density at radius 1 is 1.42 bits per heavy atom. The summed E-state index contributed by atoms with van der Waals surface area (Å²) in [5.74, 6) is -0.979. The second-order valence-electron chi connectivity index (χ2n) is 4.96. The van der Waals surface area contributed by atoms with E-state index in [2.05, 4.69) is 22.5 Å². The van der Waals surface area contributed by atoms with Gasteiger partial charge in [0.25, 0.3) is 0 Å². The third-order valence-corrected chi connectivity index (χ3v) is 3.58. The van der Waals surface area contributed by atoms with Gasteiger partial charge in [-0.05, 0) is 32.4 Å². The highest BCUT2D eigenvalue weighted by Crippen LogP contribution is 2.15. The minimum Gasteiger partial charge on any atom is -0.480 e. The van der Waals surface area contributed by atoms with Crippen LogP contribution in [0.2, 0.25) is 0 Å². The number of carbonyl (C=O) groups is 2. The zero-order valence-electron chi connectivity index (χ0n) is 11.8. The minimum absolute atomic E-state index is 0.380. The third-order valence-electron chi connectivity index (χ3n) is 3.58. The second kappa shape index (κ2) is 7.99. The van der Waals surface area contributed by atoms with Gasteiger partial charge in [0.15, 0.2) is 0 Å². The molecule has 1 fully saturated rings. The van der Waals surface area contributed by atoms with E-state index in [0.29, 0.717) is 19.0 Å². The lowest BCUT2D eigenvalue weighted by Crippen LogP contribution is -2.49. The summed E-state index contributed by atoms with van der Waals surface area (Å²) in [4.78, 5) is 24.9. The van der Waals surface area contributed by atoms with Crippen molar-refractivity contribution in [3.8, 4) is 0 Å². The van der Waals surface area contributed by atoms with Crippen LogP contribution in [0.1, 0.15) is 39.5 Å². The highest BCUT2D eigenvalue weighted by molar-refractivity contribution is 5.82. The lowest BCUT2D eigenvalue weighted by atomic mass is 10.2. The summed E-state index contributed by atoms with van der Waals surface area (Å²) in [5.41, 5.74) is 0. The Kier molecular flexibility index (Phi) is 6.62. The van der Waals surface area contributed by atoms with Crippen LogP contribution < -0.4 is 10.6 Å². The molecule has 6 heteroatoms. The quantitative estimate of drug-likeness (QED) is 0.646. The van der Waals surface area contributed by atoms with Crippen LogP contribution in [0.3, 0.4) is 0 Å². The molecule has 6 nitrogen and oxygen atoms in total. The van der Waals surface area contributed by atoms with Crippen molar-refractivity contribution >= 4 is 12.0 Å². The molecule has 0 aliphatic carbocycles. The van der Waals surface area contributed by atoms with Crippen molar-refractivity contribution in [2.75, 3.05) is 19.6 Å². The van der Waals surface area contributed by atoms with Crippen LogP contribution in [-0.4, -0.2) is 53.7 Å². The van der Waals surface area contributed by atoms with E-state index >= 15 is 0 Å². The topological polar surface area (TPSA) is 81.7 Å². The van der Waals surface area contributed by atoms with E-state index in [1.54, 1.807) is 0 Å². The highest BCUT2D eigenvalue weighted by Gasteiger charge is 2.24. The van der Waals surface area contributed by atoms with Gasteiger partial charge in [-0.15, -0.1) is 0 Å². The summed E-state index contributed by atoms with van der Waals surface area (Å²) in [5, 5.41) is 14.2. The fraction of sp³-hybridized carbons (Fsp3) is 0.846. The average Bonchev–Trinajstić information content (AvgIpc) is 2.83. The predicted octanol–water partition coefficient (Wildman–Crippen LogP) is 1.02. The summed E-state index contributed by atoms with van der Waals surface area (Å²) < 4.78 is 0. The molecule has 0 aromatic carbocycles. The first-order chi connectivity index (χ1) is 9.08. The number of likely N-dealkylation sites (N-methyl/N-ethyl adjacent to an activating group) is 1. The van der Waals surface area contributed by atoms with Crippen LogP contribution in [0.25, 0.3) is 0 Å². The third kappa shape index (κ3) is 5.06. The van der Waals surface area contributed by atoms with Crippen molar-refractivity contribution < 1.29 is 14.7 Å². The Labute approximate surface area is 114 Å². The Morgan fingerprint density at radius 2 is 2.16 bits per heavy atom. The summed E-state index contributed by atoms with van der Waals surface area (Å²) in [6.45, 7) is 6.66. The number of carboxylic acid groups (broad SMARTS) is 1. The Morgan fingerprint density at radius 3 is 2.74 bits per heavy atom. The largest absolute Gasteiger partial charge is 0.480 e. The van der Waals surface area contributed by atoms with E-state index < -0.39 is 12.0 Å². The molecule has 1 aliphatic heterocycles.